The first-order chi connectivity index (χ1) is 13.5. The molecule has 0 unspecified atom stereocenters. The molecule has 1 aromatic carbocycles. The van der Waals surface area contributed by atoms with Crippen LogP contribution in [0.4, 0.5) is 0 Å². The van der Waals surface area contributed by atoms with E-state index in [1.807, 2.05) is 4.90 Å². The average Bonchev–Trinajstić information content (AvgIpc) is 2.73. The van der Waals surface area contributed by atoms with Crippen LogP contribution in [0, 0.1) is 18.8 Å². The Morgan fingerprint density at radius 3 is 2.50 bits per heavy atom. The molecule has 0 N–H and O–H groups in total. The van der Waals surface area contributed by atoms with Gasteiger partial charge in [0.15, 0.2) is 0 Å². The summed E-state index contributed by atoms with van der Waals surface area (Å²) in [5, 5.41) is 0. The van der Waals surface area contributed by atoms with Crippen LogP contribution in [-0.2, 0) is 14.8 Å². The Kier molecular flexibility index (Phi) is 5.76. The number of benzene rings is 1. The highest BCUT2D eigenvalue weighted by Crippen LogP contribution is 2.36. The second-order valence-corrected chi connectivity index (χ2v) is 10.2. The highest BCUT2D eigenvalue weighted by molar-refractivity contribution is 7.89. The third-order valence-electron chi connectivity index (χ3n) is 6.60. The van der Waals surface area contributed by atoms with E-state index in [4.69, 9.17) is 4.74 Å². The van der Waals surface area contributed by atoms with E-state index in [2.05, 4.69) is 0 Å². The highest BCUT2D eigenvalue weighted by Gasteiger charge is 2.34. The van der Waals surface area contributed by atoms with Gasteiger partial charge in [-0.1, -0.05) is 25.3 Å². The summed E-state index contributed by atoms with van der Waals surface area (Å²) in [4.78, 5) is 15.3. The van der Waals surface area contributed by atoms with Crippen molar-refractivity contribution in [1.29, 1.82) is 0 Å². The van der Waals surface area contributed by atoms with Crippen molar-refractivity contribution in [3.05, 3.63) is 29.3 Å². The summed E-state index contributed by atoms with van der Waals surface area (Å²) in [6.45, 7) is 4.90. The summed E-state index contributed by atoms with van der Waals surface area (Å²) in [5.41, 5.74) is 1.15. The maximum absolute atomic E-state index is 13.1. The summed E-state index contributed by atoms with van der Waals surface area (Å²) < 4.78 is 32.9. The second kappa shape index (κ2) is 8.13. The first-order valence-electron chi connectivity index (χ1n) is 10.4. The number of morpholine rings is 1. The Balaban J connectivity index is 1.55. The smallest absolute Gasteiger partial charge is 0.253 e. The van der Waals surface area contributed by atoms with Crippen LogP contribution in [-0.4, -0.2) is 62.9 Å². The van der Waals surface area contributed by atoms with E-state index < -0.39 is 10.0 Å². The first-order valence-corrected chi connectivity index (χ1v) is 11.9. The zero-order valence-corrected chi connectivity index (χ0v) is 17.4. The van der Waals surface area contributed by atoms with Crippen LogP contribution in [0.5, 0.6) is 0 Å². The number of amides is 1. The van der Waals surface area contributed by atoms with Crippen LogP contribution in [0.3, 0.4) is 0 Å². The highest BCUT2D eigenvalue weighted by atomic mass is 32.2. The van der Waals surface area contributed by atoms with Crippen LogP contribution in [0.25, 0.3) is 0 Å². The minimum atomic E-state index is -3.62. The molecule has 2 atom stereocenters. The van der Waals surface area contributed by atoms with Gasteiger partial charge >= 0.3 is 0 Å². The molecule has 2 heterocycles. The number of nitrogens with zero attached hydrogens (tertiary/aromatic N) is 2. The summed E-state index contributed by atoms with van der Waals surface area (Å²) >= 11 is 0. The molecular weight excluding hydrogens is 376 g/mol. The molecule has 2 aliphatic heterocycles. The average molecular weight is 407 g/mol. The summed E-state index contributed by atoms with van der Waals surface area (Å²) in [6, 6.07) is 5.10. The van der Waals surface area contributed by atoms with Crippen LogP contribution in [0.2, 0.25) is 0 Å². The van der Waals surface area contributed by atoms with Gasteiger partial charge in [-0.15, -0.1) is 0 Å². The van der Waals surface area contributed by atoms with Crippen molar-refractivity contribution in [2.75, 3.05) is 39.4 Å². The van der Waals surface area contributed by atoms with Crippen molar-refractivity contribution < 1.29 is 17.9 Å². The van der Waals surface area contributed by atoms with Gasteiger partial charge in [-0.3, -0.25) is 4.79 Å². The number of piperidine rings is 1. The van der Waals surface area contributed by atoms with Gasteiger partial charge in [0.1, 0.15) is 0 Å². The monoisotopic (exact) mass is 406 g/mol. The lowest BCUT2D eigenvalue weighted by atomic mass is 9.75. The van der Waals surface area contributed by atoms with Crippen molar-refractivity contribution in [3.8, 4) is 0 Å². The molecule has 4 rings (SSSR count). The lowest BCUT2D eigenvalue weighted by Crippen LogP contribution is -2.45. The Hall–Kier alpha value is -1.44. The Morgan fingerprint density at radius 2 is 1.75 bits per heavy atom. The van der Waals surface area contributed by atoms with Gasteiger partial charge in [-0.05, 0) is 49.3 Å². The van der Waals surface area contributed by atoms with Gasteiger partial charge in [0.25, 0.3) is 5.91 Å². The third kappa shape index (κ3) is 3.84. The molecule has 0 radical (unpaired) electrons. The molecule has 7 heteroatoms. The first kappa shape index (κ1) is 19.9. The number of likely N-dealkylation sites (tertiary alicyclic amines) is 1. The van der Waals surface area contributed by atoms with E-state index in [1.54, 1.807) is 25.1 Å². The van der Waals surface area contributed by atoms with E-state index in [0.717, 1.165) is 25.4 Å². The van der Waals surface area contributed by atoms with Crippen molar-refractivity contribution in [1.82, 2.24) is 9.21 Å². The van der Waals surface area contributed by atoms with Gasteiger partial charge in [-0.2, -0.15) is 4.31 Å². The Labute approximate surface area is 167 Å². The van der Waals surface area contributed by atoms with E-state index in [1.165, 1.54) is 30.0 Å². The number of aryl methyl sites for hydroxylation is 1. The number of hydrogen-bond donors (Lipinski definition) is 0. The van der Waals surface area contributed by atoms with Gasteiger partial charge in [-0.25, -0.2) is 8.42 Å². The Morgan fingerprint density at radius 1 is 1.04 bits per heavy atom. The summed E-state index contributed by atoms with van der Waals surface area (Å²) in [5.74, 6) is 1.32. The third-order valence-corrected chi connectivity index (χ3v) is 8.64. The minimum Gasteiger partial charge on any atom is -0.379 e. The predicted octanol–water partition coefficient (Wildman–Crippen LogP) is 2.67. The van der Waals surface area contributed by atoms with Gasteiger partial charge in [0.05, 0.1) is 18.1 Å². The van der Waals surface area contributed by atoms with Crippen molar-refractivity contribution in [3.63, 3.8) is 0 Å². The van der Waals surface area contributed by atoms with Crippen LogP contribution in [0.1, 0.15) is 48.0 Å². The van der Waals surface area contributed by atoms with E-state index in [9.17, 15) is 13.2 Å². The van der Waals surface area contributed by atoms with E-state index in [0.29, 0.717) is 43.3 Å². The number of hydrogen-bond acceptors (Lipinski definition) is 4. The molecule has 2 saturated heterocycles. The lowest BCUT2D eigenvalue weighted by molar-refractivity contribution is 0.0520. The molecule has 1 aliphatic carbocycles. The predicted molar refractivity (Wildman–Crippen MR) is 107 cm³/mol. The fourth-order valence-electron chi connectivity index (χ4n) is 4.90. The molecule has 6 nitrogen and oxygen atoms in total. The lowest BCUT2D eigenvalue weighted by Gasteiger charge is -2.41. The molecule has 0 spiro atoms. The zero-order chi connectivity index (χ0) is 19.7. The number of carbonyl (C=O) groups excluding carboxylic acids is 1. The molecule has 28 heavy (non-hydrogen) atoms. The van der Waals surface area contributed by atoms with E-state index in [-0.39, 0.29) is 10.8 Å². The maximum atomic E-state index is 13.1. The summed E-state index contributed by atoms with van der Waals surface area (Å²) in [6.07, 6.45) is 6.14. The van der Waals surface area contributed by atoms with Crippen molar-refractivity contribution in [2.24, 2.45) is 11.8 Å². The Bertz CT molecular complexity index is 833. The number of carbonyl (C=O) groups is 1. The zero-order valence-electron chi connectivity index (χ0n) is 16.6. The topological polar surface area (TPSA) is 66.9 Å². The standard InChI is InChI=1S/C21H30N2O4S/c1-16-6-7-18(14-20(16)28(25,26)23-10-12-27-13-11-23)21(24)22-9-8-17-4-2-3-5-19(17)15-22/h6-7,14,17,19H,2-5,8-13,15H2,1H3/t17-,19+/m0/s1. The fourth-order valence-corrected chi connectivity index (χ4v) is 6.56. The van der Waals surface area contributed by atoms with Crippen LogP contribution >= 0.6 is 0 Å². The number of ether oxygens (including phenoxy) is 1. The normalized spacial score (nSPS) is 26.7. The number of fused-ring (bicyclic) bond motifs is 1. The molecule has 3 aliphatic rings. The molecule has 1 aromatic rings. The second-order valence-electron chi connectivity index (χ2n) is 8.34. The molecular formula is C21H30N2O4S. The molecule has 1 amide bonds. The molecule has 154 valence electrons. The SMILES string of the molecule is Cc1ccc(C(=O)N2CC[C@@H]3CCCC[C@@H]3C2)cc1S(=O)(=O)N1CCOCC1. The maximum Gasteiger partial charge on any atom is 0.253 e. The fraction of sp³-hybridized carbons (Fsp3) is 0.667. The molecule has 0 bridgehead atoms. The molecule has 3 fully saturated rings. The van der Waals surface area contributed by atoms with Crippen LogP contribution < -0.4 is 0 Å². The minimum absolute atomic E-state index is 0.0394. The number of sulfonamides is 1. The van der Waals surface area contributed by atoms with E-state index >= 15 is 0 Å². The molecule has 0 aromatic heterocycles. The van der Waals surface area contributed by atoms with Crippen molar-refractivity contribution in [2.45, 2.75) is 43.9 Å². The summed E-state index contributed by atoms with van der Waals surface area (Å²) in [7, 11) is -3.62. The number of rotatable bonds is 3. The largest absolute Gasteiger partial charge is 0.379 e. The van der Waals surface area contributed by atoms with Crippen molar-refractivity contribution >= 4 is 15.9 Å². The molecule has 1 saturated carbocycles. The van der Waals surface area contributed by atoms with Gasteiger partial charge in [0.2, 0.25) is 10.0 Å². The van der Waals surface area contributed by atoms with Crippen LogP contribution in [0.15, 0.2) is 23.1 Å². The van der Waals surface area contributed by atoms with Gasteiger partial charge in [0, 0.05) is 31.7 Å². The van der Waals surface area contributed by atoms with Gasteiger partial charge < -0.3 is 9.64 Å². The quantitative estimate of drug-likeness (QED) is 0.774.